The Balaban J connectivity index is 1.94. The Morgan fingerprint density at radius 1 is 1.50 bits per heavy atom. The lowest BCUT2D eigenvalue weighted by Gasteiger charge is -2.20. The van der Waals surface area contributed by atoms with Crippen molar-refractivity contribution in [3.8, 4) is 0 Å². The molecule has 1 aliphatic heterocycles. The van der Waals surface area contributed by atoms with Gasteiger partial charge in [-0.25, -0.2) is 4.79 Å². The van der Waals surface area contributed by atoms with E-state index in [2.05, 4.69) is 0 Å². The molecule has 4 heteroatoms. The molecule has 0 aromatic carbocycles. The second-order valence-electron chi connectivity index (χ2n) is 4.90. The molecule has 14 heavy (non-hydrogen) atoms. The molecular formula is C10H15NO3. The van der Waals surface area contributed by atoms with Crippen LogP contribution in [0.25, 0.3) is 0 Å². The first-order valence-corrected chi connectivity index (χ1v) is 4.94. The van der Waals surface area contributed by atoms with Gasteiger partial charge in [0.2, 0.25) is 0 Å². The minimum atomic E-state index is -0.475. The maximum Gasteiger partial charge on any atom is 0.411 e. The Kier molecular flexibility index (Phi) is 1.84. The third kappa shape index (κ3) is 1.49. The number of nitrogens with zero attached hydrogens (tertiary/aromatic N) is 1. The molecule has 2 atom stereocenters. The highest BCUT2D eigenvalue weighted by Gasteiger charge is 2.60. The van der Waals surface area contributed by atoms with Gasteiger partial charge in [0.15, 0.2) is 5.78 Å². The van der Waals surface area contributed by atoms with E-state index in [1.54, 1.807) is 4.90 Å². The van der Waals surface area contributed by atoms with Crippen molar-refractivity contribution in [1.82, 2.24) is 4.90 Å². The van der Waals surface area contributed by atoms with Crippen molar-refractivity contribution in [3.05, 3.63) is 0 Å². The summed E-state index contributed by atoms with van der Waals surface area (Å²) in [5.74, 6) is 0.181. The first-order valence-electron chi connectivity index (χ1n) is 4.94. The Bertz CT molecular complexity index is 292. The number of amides is 1. The average Bonchev–Trinajstić information content (AvgIpc) is 2.61. The van der Waals surface area contributed by atoms with Crippen molar-refractivity contribution in [3.63, 3.8) is 0 Å². The summed E-state index contributed by atoms with van der Waals surface area (Å²) in [6.07, 6.45) is 1.08. The van der Waals surface area contributed by atoms with Crippen LogP contribution < -0.4 is 0 Å². The van der Waals surface area contributed by atoms with E-state index < -0.39 is 5.60 Å². The van der Waals surface area contributed by atoms with Gasteiger partial charge >= 0.3 is 6.09 Å². The number of carbonyl (C=O) groups excluding carboxylic acids is 2. The van der Waals surface area contributed by atoms with Crippen molar-refractivity contribution in [2.45, 2.75) is 51.3 Å². The smallest absolute Gasteiger partial charge is 0.411 e. The van der Waals surface area contributed by atoms with E-state index in [1.807, 2.05) is 20.8 Å². The Hall–Kier alpha value is -1.06. The van der Waals surface area contributed by atoms with Gasteiger partial charge in [0.1, 0.15) is 11.6 Å². The molecule has 2 rings (SSSR count). The van der Waals surface area contributed by atoms with Gasteiger partial charge in [-0.3, -0.25) is 9.69 Å². The van der Waals surface area contributed by atoms with E-state index in [9.17, 15) is 9.59 Å². The molecule has 0 aromatic heterocycles. The molecule has 0 aromatic rings. The number of Topliss-reactive ketones (excluding diaryl/α,β-unsaturated/α-hetero) is 1. The zero-order chi connectivity index (χ0) is 10.5. The summed E-state index contributed by atoms with van der Waals surface area (Å²) in [6, 6.07) is -0.0257. The summed E-state index contributed by atoms with van der Waals surface area (Å²) in [6.45, 7) is 5.48. The van der Waals surface area contributed by atoms with Crippen molar-refractivity contribution in [1.29, 1.82) is 0 Å². The highest BCUT2D eigenvalue weighted by Crippen LogP contribution is 2.40. The highest BCUT2D eigenvalue weighted by atomic mass is 16.6. The molecule has 1 saturated carbocycles. The van der Waals surface area contributed by atoms with Crippen LogP contribution in [0.15, 0.2) is 0 Å². The monoisotopic (exact) mass is 197 g/mol. The molecule has 0 N–H and O–H groups in total. The van der Waals surface area contributed by atoms with E-state index in [-0.39, 0.29) is 24.0 Å². The molecule has 0 bridgehead atoms. The van der Waals surface area contributed by atoms with E-state index in [1.165, 1.54) is 0 Å². The van der Waals surface area contributed by atoms with Gasteiger partial charge in [-0.1, -0.05) is 0 Å². The van der Waals surface area contributed by atoms with Crippen LogP contribution in [0, 0.1) is 0 Å². The van der Waals surface area contributed by atoms with Gasteiger partial charge in [-0.2, -0.15) is 0 Å². The molecule has 1 saturated heterocycles. The van der Waals surface area contributed by atoms with Gasteiger partial charge in [0, 0.05) is 6.42 Å². The number of piperidine rings is 1. The Morgan fingerprint density at radius 3 is 2.57 bits per heavy atom. The molecule has 2 aliphatic rings. The molecule has 2 fully saturated rings. The zero-order valence-corrected chi connectivity index (χ0v) is 8.74. The van der Waals surface area contributed by atoms with Crippen LogP contribution in [0.3, 0.4) is 0 Å². The topological polar surface area (TPSA) is 46.4 Å². The fourth-order valence-electron chi connectivity index (χ4n) is 1.95. The summed E-state index contributed by atoms with van der Waals surface area (Å²) in [7, 11) is 0. The lowest BCUT2D eigenvalue weighted by atomic mass is 10.2. The molecular weight excluding hydrogens is 182 g/mol. The minimum absolute atomic E-state index is 0.136. The number of carbonyl (C=O) groups is 2. The van der Waals surface area contributed by atoms with Crippen LogP contribution in [0.1, 0.15) is 33.6 Å². The van der Waals surface area contributed by atoms with Crippen LogP contribution in [0.5, 0.6) is 0 Å². The maximum absolute atomic E-state index is 11.5. The summed E-state index contributed by atoms with van der Waals surface area (Å²) >= 11 is 0. The molecule has 78 valence electrons. The predicted molar refractivity (Wildman–Crippen MR) is 49.9 cm³/mol. The van der Waals surface area contributed by atoms with Gasteiger partial charge < -0.3 is 4.74 Å². The van der Waals surface area contributed by atoms with Crippen molar-refractivity contribution in [2.24, 2.45) is 0 Å². The fourth-order valence-corrected chi connectivity index (χ4v) is 1.95. The Morgan fingerprint density at radius 2 is 2.14 bits per heavy atom. The SMILES string of the molecule is CC(C)(C)OC(=O)N1[C@@H]2CCC(=O)[C@@H]21. The van der Waals surface area contributed by atoms with Crippen LogP contribution in [0.2, 0.25) is 0 Å². The average molecular weight is 197 g/mol. The first kappa shape index (κ1) is 9.49. The Labute approximate surface area is 83.2 Å². The standard InChI is InChI=1S/C10H15NO3/c1-10(2,3)14-9(13)11-6-4-5-7(12)8(6)11/h6,8H,4-5H2,1-3H3/t6-,8-,11?/m1/s1. The molecule has 0 radical (unpaired) electrons. The van der Waals surface area contributed by atoms with E-state index >= 15 is 0 Å². The van der Waals surface area contributed by atoms with Crippen LogP contribution in [-0.2, 0) is 9.53 Å². The zero-order valence-electron chi connectivity index (χ0n) is 8.74. The molecule has 4 nitrogen and oxygen atoms in total. The fraction of sp³-hybridized carbons (Fsp3) is 0.800. The van der Waals surface area contributed by atoms with Gasteiger partial charge in [0.05, 0.1) is 6.04 Å². The molecule has 1 amide bonds. The van der Waals surface area contributed by atoms with E-state index in [0.717, 1.165) is 6.42 Å². The summed E-state index contributed by atoms with van der Waals surface area (Å²) in [4.78, 5) is 24.3. The van der Waals surface area contributed by atoms with Gasteiger partial charge in [-0.15, -0.1) is 0 Å². The third-order valence-electron chi connectivity index (χ3n) is 2.55. The largest absolute Gasteiger partial charge is 0.444 e. The minimum Gasteiger partial charge on any atom is -0.444 e. The lowest BCUT2D eigenvalue weighted by Crippen LogP contribution is -2.30. The van der Waals surface area contributed by atoms with E-state index in [4.69, 9.17) is 4.74 Å². The number of hydrogen-bond donors (Lipinski definition) is 0. The summed E-state index contributed by atoms with van der Waals surface area (Å²) in [5.41, 5.74) is -0.475. The highest BCUT2D eigenvalue weighted by molar-refractivity contribution is 5.96. The number of ether oxygens (including phenoxy) is 1. The molecule has 0 unspecified atom stereocenters. The molecule has 1 aliphatic carbocycles. The lowest BCUT2D eigenvalue weighted by molar-refractivity contribution is -0.118. The van der Waals surface area contributed by atoms with Crippen LogP contribution in [-0.4, -0.2) is 34.5 Å². The van der Waals surface area contributed by atoms with Crippen molar-refractivity contribution < 1.29 is 14.3 Å². The number of ketones is 1. The number of hydrogen-bond acceptors (Lipinski definition) is 3. The number of likely N-dealkylation sites (tertiary alicyclic amines) is 1. The predicted octanol–water partition coefficient (Wildman–Crippen LogP) is 1.34. The number of rotatable bonds is 0. The maximum atomic E-state index is 11.5. The number of fused-ring (bicyclic) bond motifs is 1. The first-order chi connectivity index (χ1) is 6.40. The van der Waals surface area contributed by atoms with Crippen LogP contribution >= 0.6 is 0 Å². The molecule has 1 heterocycles. The molecule has 0 spiro atoms. The summed E-state index contributed by atoms with van der Waals surface area (Å²) < 4.78 is 5.18. The van der Waals surface area contributed by atoms with Gasteiger partial charge in [0.25, 0.3) is 0 Å². The second-order valence-corrected chi connectivity index (χ2v) is 4.90. The normalized spacial score (nSPS) is 30.2. The van der Waals surface area contributed by atoms with Crippen molar-refractivity contribution in [2.75, 3.05) is 0 Å². The van der Waals surface area contributed by atoms with E-state index in [0.29, 0.717) is 6.42 Å². The second kappa shape index (κ2) is 2.72. The summed E-state index contributed by atoms with van der Waals surface area (Å²) in [5, 5.41) is 0. The van der Waals surface area contributed by atoms with Crippen molar-refractivity contribution >= 4 is 11.9 Å². The quantitative estimate of drug-likeness (QED) is 0.550. The third-order valence-corrected chi connectivity index (χ3v) is 2.55. The van der Waals surface area contributed by atoms with Gasteiger partial charge in [-0.05, 0) is 27.2 Å². The van der Waals surface area contributed by atoms with Crippen LogP contribution in [0.4, 0.5) is 4.79 Å².